The van der Waals surface area contributed by atoms with Crippen molar-refractivity contribution < 1.29 is 9.73 Å². The predicted molar refractivity (Wildman–Crippen MR) is 201 cm³/mol. The summed E-state index contributed by atoms with van der Waals surface area (Å²) in [4.78, 5) is 5.32. The molecule has 5 heteroatoms. The fourth-order valence-corrected chi connectivity index (χ4v) is 8.63. The number of hydrogen-bond donors (Lipinski definition) is 1. The molecular formula is C44H27N4O+. The number of para-hydroxylation sites is 3. The average Bonchev–Trinajstić information content (AvgIpc) is 3.89. The minimum atomic E-state index is 0.167. The molecule has 10 aromatic rings. The van der Waals surface area contributed by atoms with E-state index in [2.05, 4.69) is 154 Å². The first kappa shape index (κ1) is 25.6. The van der Waals surface area contributed by atoms with E-state index in [4.69, 9.17) is 9.41 Å². The molecule has 1 atom stereocenters. The minimum absolute atomic E-state index is 0.167. The highest BCUT2D eigenvalue weighted by Crippen LogP contribution is 2.48. The number of nitrogens with zero attached hydrogens (tertiary/aromatic N) is 3. The van der Waals surface area contributed by atoms with Crippen molar-refractivity contribution >= 4 is 88.2 Å². The van der Waals surface area contributed by atoms with Crippen LogP contribution in [0.4, 0.5) is 11.5 Å². The zero-order chi connectivity index (χ0) is 31.8. The molecule has 0 saturated carbocycles. The van der Waals surface area contributed by atoms with E-state index in [0.29, 0.717) is 0 Å². The number of hydrogen-bond acceptors (Lipinski definition) is 2. The highest BCUT2D eigenvalue weighted by Gasteiger charge is 2.33. The maximum absolute atomic E-state index is 6.67. The number of allylic oxidation sites excluding steroid dienone is 2. The van der Waals surface area contributed by atoms with Crippen molar-refractivity contribution in [2.75, 3.05) is 0 Å². The number of benzene rings is 6. The van der Waals surface area contributed by atoms with Crippen LogP contribution in [0.3, 0.4) is 0 Å². The highest BCUT2D eigenvalue weighted by molar-refractivity contribution is 6.28. The third kappa shape index (κ3) is 3.29. The second-order valence-corrected chi connectivity index (χ2v) is 13.3. The summed E-state index contributed by atoms with van der Waals surface area (Å²) >= 11 is 0. The normalized spacial score (nSPS) is 15.8. The number of rotatable bonds is 2. The summed E-state index contributed by atoms with van der Waals surface area (Å²) in [5.41, 5.74) is 12.4. The molecule has 0 spiro atoms. The van der Waals surface area contributed by atoms with Crippen molar-refractivity contribution in [1.82, 2.24) is 8.97 Å². The van der Waals surface area contributed by atoms with E-state index < -0.39 is 0 Å². The summed E-state index contributed by atoms with van der Waals surface area (Å²) in [6.45, 7) is 0. The molecule has 0 bridgehead atoms. The van der Waals surface area contributed by atoms with Gasteiger partial charge in [0.25, 0.3) is 0 Å². The quantitative estimate of drug-likeness (QED) is 0.204. The van der Waals surface area contributed by atoms with Gasteiger partial charge in [-0.05, 0) is 83.9 Å². The standard InChI is InChI=1S/C44H26N4O/c1-2-10-27(11-3-1)47-36-16-8-4-12-28(36)31-22-25(18-20-37(31)47)26-23-32-40-38(21-19-30-29-13-5-9-17-39(29)49-43(30)40)48-42(32)33(24-26)41-44(48)46-35-15-7-6-14-34(35)45-41/h1-24,34,45H/p+1. The first-order valence-electron chi connectivity index (χ1n) is 16.8. The van der Waals surface area contributed by atoms with E-state index in [1.54, 1.807) is 0 Å². The van der Waals surface area contributed by atoms with Gasteiger partial charge < -0.3 is 8.98 Å². The van der Waals surface area contributed by atoms with Gasteiger partial charge in [-0.2, -0.15) is 0 Å². The Morgan fingerprint density at radius 2 is 1.39 bits per heavy atom. The first-order chi connectivity index (χ1) is 24.3. The fraction of sp³-hybridized carbons (Fsp3) is 0.0227. The van der Waals surface area contributed by atoms with E-state index in [9.17, 15) is 0 Å². The third-order valence-corrected chi connectivity index (χ3v) is 10.8. The first-order valence-corrected chi connectivity index (χ1v) is 16.8. The number of furan rings is 1. The monoisotopic (exact) mass is 627 g/mol. The molecule has 0 fully saturated rings. The summed E-state index contributed by atoms with van der Waals surface area (Å²) in [5, 5.41) is 10.7. The summed E-state index contributed by atoms with van der Waals surface area (Å²) in [6, 6.07) is 44.1. The molecule has 2 N–H and O–H groups in total. The fourth-order valence-electron chi connectivity index (χ4n) is 8.63. The molecule has 0 radical (unpaired) electrons. The van der Waals surface area contributed by atoms with E-state index in [1.807, 2.05) is 6.07 Å². The lowest BCUT2D eigenvalue weighted by Crippen LogP contribution is -2.87. The third-order valence-electron chi connectivity index (χ3n) is 10.8. The Hall–Kier alpha value is -6.43. The molecule has 5 heterocycles. The van der Waals surface area contributed by atoms with Crippen molar-refractivity contribution in [3.05, 3.63) is 146 Å². The van der Waals surface area contributed by atoms with Crippen LogP contribution >= 0.6 is 0 Å². The maximum Gasteiger partial charge on any atom is 0.201 e. The van der Waals surface area contributed by atoms with Crippen LogP contribution in [0, 0.1) is 0 Å². The van der Waals surface area contributed by atoms with Crippen molar-refractivity contribution in [3.8, 4) is 16.8 Å². The Labute approximate surface area is 279 Å². The lowest BCUT2D eigenvalue weighted by molar-refractivity contribution is -0.580. The molecular weight excluding hydrogens is 601 g/mol. The zero-order valence-electron chi connectivity index (χ0n) is 26.3. The van der Waals surface area contributed by atoms with Crippen LogP contribution in [0.15, 0.2) is 155 Å². The molecule has 1 aliphatic heterocycles. The largest absolute Gasteiger partial charge is 0.455 e. The van der Waals surface area contributed by atoms with Gasteiger partial charge in [-0.3, -0.25) is 9.72 Å². The Bertz CT molecular complexity index is 3130. The van der Waals surface area contributed by atoms with Crippen LogP contribution in [0.5, 0.6) is 0 Å². The number of aliphatic imine (C=N–C) groups is 1. The zero-order valence-corrected chi connectivity index (χ0v) is 26.3. The van der Waals surface area contributed by atoms with Crippen LogP contribution < -0.4 is 5.32 Å². The molecule has 0 saturated heterocycles. The van der Waals surface area contributed by atoms with E-state index in [-0.39, 0.29) is 6.04 Å². The predicted octanol–water partition coefficient (Wildman–Crippen LogP) is 10.1. The SMILES string of the molecule is C1=CC2=Nc3c(c4cc(-c5ccc6c(c5)c5ccccc5n6-c5ccccc5)cc5c6c7oc8ccccc8c7ccc6n3c45)[NH2+]C2C=C1. The van der Waals surface area contributed by atoms with Crippen LogP contribution in [0.1, 0.15) is 0 Å². The summed E-state index contributed by atoms with van der Waals surface area (Å²) in [7, 11) is 0. The topological polar surface area (TPSA) is 51.5 Å². The Kier molecular flexibility index (Phi) is 4.78. The molecule has 1 aliphatic carbocycles. The van der Waals surface area contributed by atoms with Crippen LogP contribution in [0.25, 0.3) is 87.8 Å². The Morgan fingerprint density at radius 1 is 0.612 bits per heavy atom. The second kappa shape index (κ2) is 9.13. The smallest absolute Gasteiger partial charge is 0.201 e. The molecule has 49 heavy (non-hydrogen) atoms. The molecule has 6 aromatic carbocycles. The Morgan fingerprint density at radius 3 is 2.33 bits per heavy atom. The lowest BCUT2D eigenvalue weighted by Gasteiger charge is -2.18. The van der Waals surface area contributed by atoms with Gasteiger partial charge in [0.05, 0.1) is 32.8 Å². The van der Waals surface area contributed by atoms with E-state index >= 15 is 0 Å². The number of nitrogens with two attached hydrogens (primary N) is 1. The number of quaternary nitrogens is 1. The van der Waals surface area contributed by atoms with Gasteiger partial charge in [0.2, 0.25) is 5.82 Å². The summed E-state index contributed by atoms with van der Waals surface area (Å²) < 4.78 is 11.4. The average molecular weight is 628 g/mol. The van der Waals surface area contributed by atoms with Gasteiger partial charge in [-0.25, -0.2) is 4.99 Å². The van der Waals surface area contributed by atoms with Crippen LogP contribution in [0.2, 0.25) is 0 Å². The Balaban J connectivity index is 1.19. The molecule has 4 aromatic heterocycles. The summed E-state index contributed by atoms with van der Waals surface area (Å²) in [6.07, 6.45) is 8.59. The summed E-state index contributed by atoms with van der Waals surface area (Å²) in [5.74, 6) is 0.996. The van der Waals surface area contributed by atoms with Gasteiger partial charge in [0.1, 0.15) is 16.9 Å². The van der Waals surface area contributed by atoms with Crippen molar-refractivity contribution in [2.24, 2.45) is 4.99 Å². The molecule has 228 valence electrons. The van der Waals surface area contributed by atoms with E-state index in [0.717, 1.165) is 50.1 Å². The molecule has 2 aliphatic rings. The van der Waals surface area contributed by atoms with Crippen LogP contribution in [-0.2, 0) is 0 Å². The van der Waals surface area contributed by atoms with Gasteiger partial charge in [-0.1, -0.05) is 72.8 Å². The number of fused-ring (bicyclic) bond motifs is 14. The molecule has 1 unspecified atom stereocenters. The van der Waals surface area contributed by atoms with Crippen molar-refractivity contribution in [1.29, 1.82) is 0 Å². The molecule has 5 nitrogen and oxygen atoms in total. The maximum atomic E-state index is 6.67. The lowest BCUT2D eigenvalue weighted by atomic mass is 9.97. The van der Waals surface area contributed by atoms with Gasteiger partial charge >= 0.3 is 0 Å². The highest BCUT2D eigenvalue weighted by atomic mass is 16.3. The van der Waals surface area contributed by atoms with Crippen molar-refractivity contribution in [2.45, 2.75) is 6.04 Å². The second-order valence-electron chi connectivity index (χ2n) is 13.3. The van der Waals surface area contributed by atoms with Gasteiger partial charge in [-0.15, -0.1) is 0 Å². The minimum Gasteiger partial charge on any atom is -0.455 e. The number of aromatic nitrogens is 2. The van der Waals surface area contributed by atoms with Crippen molar-refractivity contribution in [3.63, 3.8) is 0 Å². The molecule has 0 amide bonds. The van der Waals surface area contributed by atoms with Crippen LogP contribution in [-0.4, -0.2) is 20.7 Å². The van der Waals surface area contributed by atoms with E-state index in [1.165, 1.54) is 54.9 Å². The van der Waals surface area contributed by atoms with Gasteiger partial charge in [0.15, 0.2) is 11.7 Å². The molecule has 12 rings (SSSR count). The van der Waals surface area contributed by atoms with Gasteiger partial charge in [0, 0.05) is 32.6 Å².